The van der Waals surface area contributed by atoms with Crippen LogP contribution >= 0.6 is 67.8 Å². The van der Waals surface area contributed by atoms with E-state index in [0.29, 0.717) is 5.57 Å². The lowest BCUT2D eigenvalue weighted by Crippen LogP contribution is -2.13. The molecule has 2 nitrogen and oxygen atoms in total. The highest BCUT2D eigenvalue weighted by Gasteiger charge is 2.29. The minimum absolute atomic E-state index is 0.385. The van der Waals surface area contributed by atoms with Crippen molar-refractivity contribution in [2.45, 2.75) is -0.565 Å². The van der Waals surface area contributed by atoms with E-state index >= 15 is 0 Å². The molecule has 5 heteroatoms. The van der Waals surface area contributed by atoms with Gasteiger partial charge in [0.15, 0.2) is -0.565 Å². The Morgan fingerprint density at radius 3 is 2.13 bits per heavy atom. The monoisotopic (exact) mass is 540 g/mol. The van der Waals surface area contributed by atoms with E-state index in [4.69, 9.17) is 5.11 Å². The molecule has 0 aliphatic heterocycles. The SMILES string of the molecule is O=C(O)C(=Cc1ccccc1)C(I)(I)I. The zero-order chi connectivity index (χ0) is 11.5. The highest BCUT2D eigenvalue weighted by atomic mass is 127. The summed E-state index contributed by atoms with van der Waals surface area (Å²) in [5, 5.41) is 9.09. The van der Waals surface area contributed by atoms with Gasteiger partial charge in [-0.05, 0) is 79.4 Å². The molecule has 0 fully saturated rings. The third-order valence-electron chi connectivity index (χ3n) is 1.65. The van der Waals surface area contributed by atoms with E-state index in [1.54, 1.807) is 6.08 Å². The van der Waals surface area contributed by atoms with Crippen molar-refractivity contribution in [3.8, 4) is 0 Å². The number of rotatable bonds is 3. The Morgan fingerprint density at radius 2 is 1.73 bits per heavy atom. The van der Waals surface area contributed by atoms with Crippen LogP contribution < -0.4 is 0 Å². The van der Waals surface area contributed by atoms with Crippen molar-refractivity contribution in [3.05, 3.63) is 41.5 Å². The molecule has 1 rings (SSSR count). The van der Waals surface area contributed by atoms with Crippen molar-refractivity contribution in [2.75, 3.05) is 0 Å². The van der Waals surface area contributed by atoms with Gasteiger partial charge in [-0.3, -0.25) is 0 Å². The normalized spacial score (nSPS) is 12.6. The Bertz CT molecular complexity index is 379. The molecular weight excluding hydrogens is 533 g/mol. The fraction of sp³-hybridized carbons (Fsp3) is 0.100. The standard InChI is InChI=1S/C10H7I3O2/c11-10(12,13)8(9(14)15)6-7-4-2-1-3-5-7/h1-6H,(H,14,15). The van der Waals surface area contributed by atoms with Gasteiger partial charge in [-0.25, -0.2) is 4.79 Å². The van der Waals surface area contributed by atoms with Gasteiger partial charge in [-0.1, -0.05) is 30.3 Å². The smallest absolute Gasteiger partial charge is 0.334 e. The number of hydrogen-bond acceptors (Lipinski definition) is 1. The maximum Gasteiger partial charge on any atom is 0.334 e. The molecule has 80 valence electrons. The van der Waals surface area contributed by atoms with Gasteiger partial charge in [-0.15, -0.1) is 0 Å². The zero-order valence-corrected chi connectivity index (χ0v) is 13.9. The lowest BCUT2D eigenvalue weighted by atomic mass is 10.1. The minimum Gasteiger partial charge on any atom is -0.478 e. The summed E-state index contributed by atoms with van der Waals surface area (Å²) in [6.07, 6.45) is 1.70. The van der Waals surface area contributed by atoms with Gasteiger partial charge >= 0.3 is 5.97 Å². The number of aliphatic carboxylic acids is 1. The van der Waals surface area contributed by atoms with E-state index in [1.165, 1.54) is 0 Å². The van der Waals surface area contributed by atoms with Crippen LogP contribution in [0.5, 0.6) is 0 Å². The molecule has 0 atom stereocenters. The minimum atomic E-state index is -0.878. The molecule has 15 heavy (non-hydrogen) atoms. The molecule has 0 bridgehead atoms. The van der Waals surface area contributed by atoms with Crippen LogP contribution in [0.4, 0.5) is 0 Å². The van der Waals surface area contributed by atoms with Gasteiger partial charge in [0.05, 0.1) is 5.57 Å². The summed E-state index contributed by atoms with van der Waals surface area (Å²) in [7, 11) is 0. The highest BCUT2D eigenvalue weighted by molar-refractivity contribution is 14.3. The zero-order valence-electron chi connectivity index (χ0n) is 7.45. The molecule has 0 heterocycles. The second kappa shape index (κ2) is 5.80. The molecular formula is C10H7I3O2. The predicted molar refractivity (Wildman–Crippen MR) is 86.8 cm³/mol. The quantitative estimate of drug-likeness (QED) is 0.357. The van der Waals surface area contributed by atoms with E-state index in [0.717, 1.165) is 5.56 Å². The largest absolute Gasteiger partial charge is 0.478 e. The Kier molecular flexibility index (Phi) is 5.29. The summed E-state index contributed by atoms with van der Waals surface area (Å²) in [4.78, 5) is 11.1. The lowest BCUT2D eigenvalue weighted by molar-refractivity contribution is -0.132. The van der Waals surface area contributed by atoms with Crippen LogP contribution in [-0.4, -0.2) is 10.5 Å². The number of benzene rings is 1. The van der Waals surface area contributed by atoms with Crippen molar-refractivity contribution in [2.24, 2.45) is 0 Å². The topological polar surface area (TPSA) is 37.3 Å². The van der Waals surface area contributed by atoms with Gasteiger partial charge in [0.25, 0.3) is 0 Å². The van der Waals surface area contributed by atoms with Crippen LogP contribution in [0.1, 0.15) is 5.56 Å². The number of hydrogen-bond donors (Lipinski definition) is 1. The van der Waals surface area contributed by atoms with Gasteiger partial charge in [-0.2, -0.15) is 0 Å². The first-order valence-electron chi connectivity index (χ1n) is 3.98. The first-order valence-corrected chi connectivity index (χ1v) is 7.22. The first-order chi connectivity index (χ1) is 6.91. The Balaban J connectivity index is 3.12. The van der Waals surface area contributed by atoms with Gasteiger partial charge < -0.3 is 5.11 Å². The van der Waals surface area contributed by atoms with Crippen molar-refractivity contribution in [3.63, 3.8) is 0 Å². The molecule has 0 saturated carbocycles. The van der Waals surface area contributed by atoms with E-state index in [1.807, 2.05) is 30.3 Å². The van der Waals surface area contributed by atoms with Gasteiger partial charge in [0, 0.05) is 0 Å². The van der Waals surface area contributed by atoms with Crippen molar-refractivity contribution < 1.29 is 9.90 Å². The Hall–Kier alpha value is 0.620. The molecule has 0 aromatic heterocycles. The fourth-order valence-corrected chi connectivity index (χ4v) is 2.14. The third-order valence-corrected chi connectivity index (χ3v) is 3.39. The Labute approximate surface area is 129 Å². The molecule has 0 saturated heterocycles. The van der Waals surface area contributed by atoms with E-state index in [-0.39, 0.29) is 0 Å². The third kappa shape index (κ3) is 4.55. The number of carbonyl (C=O) groups is 1. The number of alkyl halides is 3. The summed E-state index contributed by atoms with van der Waals surface area (Å²) in [6.45, 7) is 0. The van der Waals surface area contributed by atoms with Crippen LogP contribution in [0.2, 0.25) is 0 Å². The van der Waals surface area contributed by atoms with Gasteiger partial charge in [0.2, 0.25) is 0 Å². The molecule has 0 aliphatic rings. The molecule has 0 radical (unpaired) electrons. The summed E-state index contributed by atoms with van der Waals surface area (Å²) in [5.74, 6) is -0.878. The van der Waals surface area contributed by atoms with Crippen LogP contribution in [0, 0.1) is 0 Å². The lowest BCUT2D eigenvalue weighted by Gasteiger charge is -2.13. The summed E-state index contributed by atoms with van der Waals surface area (Å²) >= 11 is 6.31. The van der Waals surface area contributed by atoms with E-state index in [9.17, 15) is 4.79 Å². The maximum absolute atomic E-state index is 11.1. The van der Waals surface area contributed by atoms with Crippen LogP contribution in [0.15, 0.2) is 35.9 Å². The second-order valence-corrected chi connectivity index (χ2v) is 13.8. The molecule has 0 spiro atoms. The molecule has 1 N–H and O–H groups in total. The summed E-state index contributed by atoms with van der Waals surface area (Å²) in [6, 6.07) is 9.46. The summed E-state index contributed by atoms with van der Waals surface area (Å²) in [5.41, 5.74) is 1.29. The Morgan fingerprint density at radius 1 is 1.20 bits per heavy atom. The average molecular weight is 540 g/mol. The van der Waals surface area contributed by atoms with E-state index < -0.39 is 5.40 Å². The van der Waals surface area contributed by atoms with Crippen molar-refractivity contribution >= 4 is 79.8 Å². The first kappa shape index (κ1) is 13.7. The van der Waals surface area contributed by atoms with Crippen LogP contribution in [0.3, 0.4) is 0 Å². The molecule has 0 amide bonds. The highest BCUT2D eigenvalue weighted by Crippen LogP contribution is 2.43. The summed E-state index contributed by atoms with van der Waals surface area (Å²) < 4.78 is -0.436. The maximum atomic E-state index is 11.1. The molecule has 1 aromatic rings. The molecule has 0 unspecified atom stereocenters. The van der Waals surface area contributed by atoms with E-state index in [2.05, 4.69) is 67.8 Å². The van der Waals surface area contributed by atoms with Crippen LogP contribution in [0.25, 0.3) is 6.08 Å². The predicted octanol–water partition coefficient (Wildman–Crippen LogP) is 4.11. The fourth-order valence-electron chi connectivity index (χ4n) is 0.981. The molecule has 1 aromatic carbocycles. The number of halogens is 3. The van der Waals surface area contributed by atoms with Gasteiger partial charge in [0.1, 0.15) is 0 Å². The van der Waals surface area contributed by atoms with Crippen molar-refractivity contribution in [1.29, 1.82) is 0 Å². The number of carboxylic acid groups (broad SMARTS) is 1. The van der Waals surface area contributed by atoms with Crippen LogP contribution in [-0.2, 0) is 4.79 Å². The molecule has 0 aliphatic carbocycles. The number of carboxylic acids is 1. The average Bonchev–Trinajstić information content (AvgIpc) is 2.13. The van der Waals surface area contributed by atoms with Crippen molar-refractivity contribution in [1.82, 2.24) is 0 Å². The second-order valence-electron chi connectivity index (χ2n) is 2.77.